The van der Waals surface area contributed by atoms with Gasteiger partial charge in [-0.3, -0.25) is 4.79 Å². The summed E-state index contributed by atoms with van der Waals surface area (Å²) in [6.07, 6.45) is 4.84. The number of amides is 1. The summed E-state index contributed by atoms with van der Waals surface area (Å²) in [5.41, 5.74) is -0.543. The maximum atomic E-state index is 12.3. The SMILES string of the molecule is O=C(c1ccc(Br)o1)N1CCC2(O)CCCCC2C1. The third kappa shape index (κ3) is 2.46. The lowest BCUT2D eigenvalue weighted by Crippen LogP contribution is -2.54. The van der Waals surface area contributed by atoms with Gasteiger partial charge in [0.15, 0.2) is 10.4 Å². The zero-order chi connectivity index (χ0) is 13.5. The van der Waals surface area contributed by atoms with Gasteiger partial charge in [0, 0.05) is 19.0 Å². The first kappa shape index (κ1) is 13.2. The summed E-state index contributed by atoms with van der Waals surface area (Å²) in [6, 6.07) is 3.42. The van der Waals surface area contributed by atoms with Crippen molar-refractivity contribution in [3.8, 4) is 0 Å². The van der Waals surface area contributed by atoms with Gasteiger partial charge in [-0.15, -0.1) is 0 Å². The summed E-state index contributed by atoms with van der Waals surface area (Å²) in [7, 11) is 0. The first-order valence-electron chi connectivity index (χ1n) is 6.85. The van der Waals surface area contributed by atoms with Gasteiger partial charge in [-0.05, 0) is 47.3 Å². The highest BCUT2D eigenvalue weighted by Gasteiger charge is 2.44. The number of likely N-dealkylation sites (tertiary alicyclic amines) is 1. The number of hydrogen-bond donors (Lipinski definition) is 1. The van der Waals surface area contributed by atoms with Crippen molar-refractivity contribution in [3.63, 3.8) is 0 Å². The largest absolute Gasteiger partial charge is 0.444 e. The molecule has 2 atom stereocenters. The summed E-state index contributed by atoms with van der Waals surface area (Å²) in [5, 5.41) is 10.6. The molecule has 5 heteroatoms. The van der Waals surface area contributed by atoms with E-state index in [2.05, 4.69) is 15.9 Å². The van der Waals surface area contributed by atoms with Crippen LogP contribution in [0, 0.1) is 5.92 Å². The van der Waals surface area contributed by atoms with Crippen LogP contribution in [0.4, 0.5) is 0 Å². The topological polar surface area (TPSA) is 53.7 Å². The van der Waals surface area contributed by atoms with E-state index in [4.69, 9.17) is 4.42 Å². The highest BCUT2D eigenvalue weighted by atomic mass is 79.9. The summed E-state index contributed by atoms with van der Waals surface area (Å²) >= 11 is 3.21. The van der Waals surface area contributed by atoms with E-state index in [-0.39, 0.29) is 11.8 Å². The molecule has 4 nitrogen and oxygen atoms in total. The molecule has 0 spiro atoms. The fourth-order valence-corrected chi connectivity index (χ4v) is 3.65. The van der Waals surface area contributed by atoms with Crippen molar-refractivity contribution in [2.24, 2.45) is 5.92 Å². The van der Waals surface area contributed by atoms with Gasteiger partial charge in [0.25, 0.3) is 5.91 Å². The Morgan fingerprint density at radius 2 is 2.26 bits per heavy atom. The van der Waals surface area contributed by atoms with Crippen LogP contribution in [0.1, 0.15) is 42.7 Å². The number of nitrogens with zero attached hydrogens (tertiary/aromatic N) is 1. The molecular weight excluding hydrogens is 310 g/mol. The van der Waals surface area contributed by atoms with Gasteiger partial charge in [0.1, 0.15) is 0 Å². The van der Waals surface area contributed by atoms with Crippen LogP contribution < -0.4 is 0 Å². The monoisotopic (exact) mass is 327 g/mol. The molecule has 1 saturated carbocycles. The lowest BCUT2D eigenvalue weighted by Gasteiger charge is -2.47. The Labute approximate surface area is 120 Å². The van der Waals surface area contributed by atoms with Crippen molar-refractivity contribution < 1.29 is 14.3 Å². The van der Waals surface area contributed by atoms with Gasteiger partial charge < -0.3 is 14.4 Å². The molecule has 3 rings (SSSR count). The quantitative estimate of drug-likeness (QED) is 0.862. The Morgan fingerprint density at radius 3 is 3.00 bits per heavy atom. The minimum absolute atomic E-state index is 0.0710. The molecule has 0 bridgehead atoms. The normalized spacial score (nSPS) is 31.1. The Hall–Kier alpha value is -0.810. The summed E-state index contributed by atoms with van der Waals surface area (Å²) < 4.78 is 5.89. The molecule has 19 heavy (non-hydrogen) atoms. The molecule has 1 aromatic heterocycles. The molecule has 1 amide bonds. The van der Waals surface area contributed by atoms with Crippen molar-refractivity contribution in [2.45, 2.75) is 37.7 Å². The minimum Gasteiger partial charge on any atom is -0.444 e. The van der Waals surface area contributed by atoms with E-state index >= 15 is 0 Å². The average molecular weight is 328 g/mol. The highest BCUT2D eigenvalue weighted by Crippen LogP contribution is 2.40. The van der Waals surface area contributed by atoms with Crippen molar-refractivity contribution in [1.82, 2.24) is 4.90 Å². The number of fused-ring (bicyclic) bond motifs is 1. The molecule has 104 valence electrons. The first-order valence-corrected chi connectivity index (χ1v) is 7.65. The van der Waals surface area contributed by atoms with Crippen LogP contribution >= 0.6 is 15.9 Å². The molecule has 2 aliphatic rings. The number of piperidine rings is 1. The Kier molecular flexibility index (Phi) is 3.43. The second-order valence-electron chi connectivity index (χ2n) is 5.65. The van der Waals surface area contributed by atoms with Gasteiger partial charge >= 0.3 is 0 Å². The smallest absolute Gasteiger partial charge is 0.289 e. The summed E-state index contributed by atoms with van der Waals surface area (Å²) in [5.74, 6) is 0.517. The Balaban J connectivity index is 1.72. The molecule has 0 radical (unpaired) electrons. The van der Waals surface area contributed by atoms with Crippen molar-refractivity contribution in [2.75, 3.05) is 13.1 Å². The molecule has 2 unspecified atom stereocenters. The van der Waals surface area contributed by atoms with E-state index in [1.165, 1.54) is 0 Å². The van der Waals surface area contributed by atoms with Crippen LogP contribution in [0.25, 0.3) is 0 Å². The van der Waals surface area contributed by atoms with Crippen LogP contribution in [0.3, 0.4) is 0 Å². The van der Waals surface area contributed by atoms with Gasteiger partial charge in [-0.25, -0.2) is 0 Å². The molecule has 1 aliphatic heterocycles. The van der Waals surface area contributed by atoms with Crippen LogP contribution in [-0.4, -0.2) is 34.6 Å². The second kappa shape index (κ2) is 4.94. The molecule has 1 saturated heterocycles. The van der Waals surface area contributed by atoms with Crippen molar-refractivity contribution in [1.29, 1.82) is 0 Å². The average Bonchev–Trinajstić information content (AvgIpc) is 2.83. The van der Waals surface area contributed by atoms with E-state index in [0.29, 0.717) is 29.9 Å². The number of carbonyl (C=O) groups excluding carboxylic acids is 1. The Bertz CT molecular complexity index is 487. The van der Waals surface area contributed by atoms with E-state index in [1.54, 1.807) is 12.1 Å². The standard InChI is InChI=1S/C14H18BrNO3/c15-12-5-4-11(19-12)13(17)16-8-7-14(18)6-2-1-3-10(14)9-16/h4-5,10,18H,1-3,6-9H2. The molecule has 2 fully saturated rings. The molecule has 1 N–H and O–H groups in total. The molecular formula is C14H18BrNO3. The summed E-state index contributed by atoms with van der Waals surface area (Å²) in [4.78, 5) is 14.1. The number of rotatable bonds is 1. The predicted octanol–water partition coefficient (Wildman–Crippen LogP) is 2.81. The lowest BCUT2D eigenvalue weighted by atomic mass is 9.71. The predicted molar refractivity (Wildman–Crippen MR) is 73.8 cm³/mol. The van der Waals surface area contributed by atoms with Gasteiger partial charge in [0.05, 0.1) is 5.60 Å². The van der Waals surface area contributed by atoms with E-state index in [9.17, 15) is 9.90 Å². The van der Waals surface area contributed by atoms with Crippen LogP contribution in [-0.2, 0) is 0 Å². The number of furan rings is 1. The van der Waals surface area contributed by atoms with Gasteiger partial charge in [-0.1, -0.05) is 12.8 Å². The molecule has 1 aliphatic carbocycles. The van der Waals surface area contributed by atoms with Crippen molar-refractivity contribution in [3.05, 3.63) is 22.6 Å². The van der Waals surface area contributed by atoms with Crippen LogP contribution in [0.2, 0.25) is 0 Å². The maximum absolute atomic E-state index is 12.3. The van der Waals surface area contributed by atoms with Crippen LogP contribution in [0.5, 0.6) is 0 Å². The Morgan fingerprint density at radius 1 is 1.42 bits per heavy atom. The molecule has 0 aromatic carbocycles. The number of halogens is 1. The number of hydrogen-bond acceptors (Lipinski definition) is 3. The summed E-state index contributed by atoms with van der Waals surface area (Å²) in [6.45, 7) is 1.26. The van der Waals surface area contributed by atoms with E-state index in [1.807, 2.05) is 4.90 Å². The van der Waals surface area contributed by atoms with Gasteiger partial charge in [-0.2, -0.15) is 0 Å². The van der Waals surface area contributed by atoms with Gasteiger partial charge in [0.2, 0.25) is 0 Å². The zero-order valence-electron chi connectivity index (χ0n) is 10.8. The third-order valence-electron chi connectivity index (χ3n) is 4.50. The number of aliphatic hydroxyl groups is 1. The fourth-order valence-electron chi connectivity index (χ4n) is 3.34. The second-order valence-corrected chi connectivity index (χ2v) is 6.43. The van der Waals surface area contributed by atoms with Crippen molar-refractivity contribution >= 4 is 21.8 Å². The molecule has 1 aromatic rings. The zero-order valence-corrected chi connectivity index (χ0v) is 12.4. The van der Waals surface area contributed by atoms with Crippen LogP contribution in [0.15, 0.2) is 21.2 Å². The lowest BCUT2D eigenvalue weighted by molar-refractivity contribution is -0.0889. The maximum Gasteiger partial charge on any atom is 0.289 e. The number of carbonyl (C=O) groups is 1. The highest BCUT2D eigenvalue weighted by molar-refractivity contribution is 9.10. The van der Waals surface area contributed by atoms with E-state index in [0.717, 1.165) is 25.7 Å². The van der Waals surface area contributed by atoms with E-state index < -0.39 is 5.60 Å². The minimum atomic E-state index is -0.543. The first-order chi connectivity index (χ1) is 9.08. The third-order valence-corrected chi connectivity index (χ3v) is 4.93. The fraction of sp³-hybridized carbons (Fsp3) is 0.643. The molecule has 2 heterocycles.